The summed E-state index contributed by atoms with van der Waals surface area (Å²) in [5.41, 5.74) is 7.86. The van der Waals surface area contributed by atoms with Gasteiger partial charge >= 0.3 is 0 Å². The van der Waals surface area contributed by atoms with Crippen LogP contribution < -0.4 is 5.73 Å². The Balaban J connectivity index is 2.06. The van der Waals surface area contributed by atoms with Crippen LogP contribution in [-0.2, 0) is 6.54 Å². The van der Waals surface area contributed by atoms with Crippen molar-refractivity contribution in [2.45, 2.75) is 16.6 Å². The minimum absolute atomic E-state index is 0.479. The van der Waals surface area contributed by atoms with Gasteiger partial charge < -0.3 is 5.73 Å². The van der Waals surface area contributed by atoms with Crippen molar-refractivity contribution in [1.82, 2.24) is 9.97 Å². The third-order valence-corrected chi connectivity index (χ3v) is 3.82. The zero-order chi connectivity index (χ0) is 13.1. The highest BCUT2D eigenvalue weighted by Crippen LogP contribution is 2.29. The fourth-order valence-electron chi connectivity index (χ4n) is 1.88. The number of fused-ring (bicyclic) bond motifs is 1. The molecular weight excluding hydrogens is 254 g/mol. The summed E-state index contributed by atoms with van der Waals surface area (Å²) in [7, 11) is 0. The summed E-state index contributed by atoms with van der Waals surface area (Å²) in [5.74, 6) is 0. The molecule has 1 aromatic carbocycles. The average molecular weight is 267 g/mol. The molecule has 19 heavy (non-hydrogen) atoms. The molecule has 4 heteroatoms. The Morgan fingerprint density at radius 3 is 2.68 bits per heavy atom. The molecule has 0 atom stereocenters. The van der Waals surface area contributed by atoms with Crippen molar-refractivity contribution in [2.24, 2.45) is 5.73 Å². The van der Waals surface area contributed by atoms with Crippen LogP contribution in [0.15, 0.2) is 64.8 Å². The van der Waals surface area contributed by atoms with E-state index in [4.69, 9.17) is 5.73 Å². The molecule has 3 aromatic rings. The second-order valence-electron chi connectivity index (χ2n) is 4.12. The smallest absolute Gasteiger partial charge is 0.107 e. The minimum Gasteiger partial charge on any atom is -0.326 e. The molecule has 3 rings (SSSR count). The molecule has 0 aliphatic carbocycles. The van der Waals surface area contributed by atoms with Crippen molar-refractivity contribution in [3.63, 3.8) is 0 Å². The minimum atomic E-state index is 0.479. The maximum absolute atomic E-state index is 5.82. The molecule has 94 valence electrons. The summed E-state index contributed by atoms with van der Waals surface area (Å²) in [4.78, 5) is 9.00. The summed E-state index contributed by atoms with van der Waals surface area (Å²) >= 11 is 1.55. The van der Waals surface area contributed by atoms with E-state index in [1.807, 2.05) is 36.4 Å². The number of rotatable bonds is 3. The predicted octanol–water partition coefficient (Wildman–Crippen LogP) is 3.24. The quantitative estimate of drug-likeness (QED) is 0.791. The monoisotopic (exact) mass is 267 g/mol. The lowest BCUT2D eigenvalue weighted by Crippen LogP contribution is -2.00. The molecule has 0 bridgehead atoms. The molecule has 0 aliphatic heterocycles. The van der Waals surface area contributed by atoms with E-state index in [0.717, 1.165) is 26.5 Å². The van der Waals surface area contributed by atoms with E-state index in [9.17, 15) is 0 Å². The Kier molecular flexibility index (Phi) is 3.44. The Morgan fingerprint density at radius 2 is 1.89 bits per heavy atom. The second kappa shape index (κ2) is 5.38. The van der Waals surface area contributed by atoms with E-state index in [0.29, 0.717) is 6.54 Å². The molecule has 2 heterocycles. The fraction of sp³-hybridized carbons (Fsp3) is 0.0667. The first kappa shape index (κ1) is 12.1. The summed E-state index contributed by atoms with van der Waals surface area (Å²) in [5, 5.41) is 2.98. The summed E-state index contributed by atoms with van der Waals surface area (Å²) in [6.45, 7) is 0.479. The lowest BCUT2D eigenvalue weighted by atomic mass is 10.1. The average Bonchev–Trinajstić information content (AvgIpc) is 2.47. The Morgan fingerprint density at radius 1 is 1.05 bits per heavy atom. The number of para-hydroxylation sites is 1. The summed E-state index contributed by atoms with van der Waals surface area (Å²) in [6, 6.07) is 16.0. The van der Waals surface area contributed by atoms with Crippen LogP contribution in [0.2, 0.25) is 0 Å². The van der Waals surface area contributed by atoms with Crippen molar-refractivity contribution in [2.75, 3.05) is 0 Å². The van der Waals surface area contributed by atoms with Gasteiger partial charge in [-0.15, -0.1) is 0 Å². The van der Waals surface area contributed by atoms with Crippen LogP contribution in [0.5, 0.6) is 0 Å². The maximum atomic E-state index is 5.82. The molecule has 3 nitrogen and oxygen atoms in total. The normalized spacial score (nSPS) is 10.8. The van der Waals surface area contributed by atoms with Gasteiger partial charge in [0, 0.05) is 18.1 Å². The largest absolute Gasteiger partial charge is 0.326 e. The lowest BCUT2D eigenvalue weighted by Gasteiger charge is -2.08. The molecule has 0 unspecified atom stereocenters. The van der Waals surface area contributed by atoms with E-state index in [-0.39, 0.29) is 0 Å². The van der Waals surface area contributed by atoms with E-state index in [1.165, 1.54) is 0 Å². The molecule has 0 spiro atoms. The lowest BCUT2D eigenvalue weighted by molar-refractivity contribution is 0.978. The van der Waals surface area contributed by atoms with Gasteiger partial charge in [0.25, 0.3) is 0 Å². The number of nitrogens with two attached hydrogens (primary N) is 1. The first-order chi connectivity index (χ1) is 9.36. The van der Waals surface area contributed by atoms with Gasteiger partial charge in [0.2, 0.25) is 0 Å². The predicted molar refractivity (Wildman–Crippen MR) is 78.0 cm³/mol. The van der Waals surface area contributed by atoms with Crippen LogP contribution >= 0.6 is 11.8 Å². The Labute approximate surface area is 115 Å². The van der Waals surface area contributed by atoms with Crippen molar-refractivity contribution in [3.8, 4) is 0 Å². The molecule has 0 amide bonds. The van der Waals surface area contributed by atoms with Crippen LogP contribution in [0.1, 0.15) is 5.56 Å². The molecular formula is C15H13N3S. The van der Waals surface area contributed by atoms with Crippen LogP contribution in [0, 0.1) is 0 Å². The standard InChI is InChI=1S/C15H13N3S/c16-10-12-9-11-5-1-2-6-13(11)18-15(12)19-14-7-3-4-8-17-14/h1-9H,10,16H2. The number of hydrogen-bond donors (Lipinski definition) is 1. The van der Waals surface area contributed by atoms with Gasteiger partial charge in [0.15, 0.2) is 0 Å². The van der Waals surface area contributed by atoms with Gasteiger partial charge in [0.05, 0.1) is 5.52 Å². The molecule has 2 N–H and O–H groups in total. The van der Waals surface area contributed by atoms with Crippen LogP contribution in [0.3, 0.4) is 0 Å². The molecule has 2 aromatic heterocycles. The van der Waals surface area contributed by atoms with Gasteiger partial charge in [-0.1, -0.05) is 24.3 Å². The van der Waals surface area contributed by atoms with E-state index in [1.54, 1.807) is 18.0 Å². The highest BCUT2D eigenvalue weighted by molar-refractivity contribution is 7.99. The third kappa shape index (κ3) is 2.59. The topological polar surface area (TPSA) is 51.8 Å². The van der Waals surface area contributed by atoms with Crippen LogP contribution in [0.4, 0.5) is 0 Å². The maximum Gasteiger partial charge on any atom is 0.107 e. The van der Waals surface area contributed by atoms with Crippen LogP contribution in [-0.4, -0.2) is 9.97 Å². The van der Waals surface area contributed by atoms with Gasteiger partial charge in [0.1, 0.15) is 10.1 Å². The number of nitrogens with zero attached hydrogens (tertiary/aromatic N) is 2. The number of benzene rings is 1. The zero-order valence-corrected chi connectivity index (χ0v) is 11.1. The van der Waals surface area contributed by atoms with Gasteiger partial charge in [-0.2, -0.15) is 0 Å². The number of hydrogen-bond acceptors (Lipinski definition) is 4. The summed E-state index contributed by atoms with van der Waals surface area (Å²) in [6.07, 6.45) is 1.78. The summed E-state index contributed by atoms with van der Waals surface area (Å²) < 4.78 is 0. The zero-order valence-electron chi connectivity index (χ0n) is 10.3. The van der Waals surface area contributed by atoms with Crippen molar-refractivity contribution >= 4 is 22.7 Å². The highest BCUT2D eigenvalue weighted by atomic mass is 32.2. The van der Waals surface area contributed by atoms with E-state index < -0.39 is 0 Å². The van der Waals surface area contributed by atoms with E-state index >= 15 is 0 Å². The number of aromatic nitrogens is 2. The van der Waals surface area contributed by atoms with E-state index in [2.05, 4.69) is 22.1 Å². The first-order valence-electron chi connectivity index (χ1n) is 6.04. The first-order valence-corrected chi connectivity index (χ1v) is 6.86. The molecule has 0 saturated heterocycles. The fourth-order valence-corrected chi connectivity index (χ4v) is 2.76. The van der Waals surface area contributed by atoms with Gasteiger partial charge in [-0.25, -0.2) is 9.97 Å². The van der Waals surface area contributed by atoms with Crippen molar-refractivity contribution in [1.29, 1.82) is 0 Å². The molecule has 0 saturated carbocycles. The van der Waals surface area contributed by atoms with Crippen molar-refractivity contribution < 1.29 is 0 Å². The van der Waals surface area contributed by atoms with Crippen LogP contribution in [0.25, 0.3) is 10.9 Å². The Bertz CT molecular complexity index is 698. The molecule has 0 radical (unpaired) electrons. The van der Waals surface area contributed by atoms with Gasteiger partial charge in [-0.3, -0.25) is 0 Å². The SMILES string of the molecule is NCc1cc2ccccc2nc1Sc1ccccn1. The third-order valence-electron chi connectivity index (χ3n) is 2.82. The van der Waals surface area contributed by atoms with Crippen molar-refractivity contribution in [3.05, 3.63) is 60.3 Å². The number of pyridine rings is 2. The second-order valence-corrected chi connectivity index (χ2v) is 5.13. The molecule has 0 aliphatic rings. The van der Waals surface area contributed by atoms with Gasteiger partial charge in [-0.05, 0) is 41.6 Å². The Hall–Kier alpha value is -1.91. The highest BCUT2D eigenvalue weighted by Gasteiger charge is 2.08. The molecule has 0 fully saturated rings.